The molecule has 0 saturated carbocycles. The molecule has 1 heterocycles. The third kappa shape index (κ3) is 9.63. The minimum absolute atomic E-state index is 0.270. The fourth-order valence-corrected chi connectivity index (χ4v) is 2.73. The molecule has 0 bridgehead atoms. The average Bonchev–Trinajstić information content (AvgIpc) is 3.07. The van der Waals surface area contributed by atoms with Crippen molar-refractivity contribution in [3.63, 3.8) is 0 Å². The van der Waals surface area contributed by atoms with Gasteiger partial charge in [0.2, 0.25) is 11.9 Å². The number of carbonyl (C=O) groups is 3. The molecule has 2 amide bonds. The number of anilines is 1. The van der Waals surface area contributed by atoms with E-state index < -0.39 is 29.5 Å². The van der Waals surface area contributed by atoms with Crippen molar-refractivity contribution >= 4 is 24.1 Å². The molecule has 3 N–H and O–H groups in total. The van der Waals surface area contributed by atoms with E-state index in [2.05, 4.69) is 20.6 Å². The van der Waals surface area contributed by atoms with E-state index in [4.69, 9.17) is 14.2 Å². The maximum Gasteiger partial charge on any atom is 0.514 e. The van der Waals surface area contributed by atoms with Gasteiger partial charge in [0.15, 0.2) is 0 Å². The van der Waals surface area contributed by atoms with E-state index in [0.717, 1.165) is 5.56 Å². The number of aromatic nitrogens is 2. The molecule has 0 fully saturated rings. The lowest BCUT2D eigenvalue weighted by Gasteiger charge is -2.23. The van der Waals surface area contributed by atoms with E-state index in [1.54, 1.807) is 65.8 Å². The zero-order valence-corrected chi connectivity index (χ0v) is 20.1. The third-order valence-corrected chi connectivity index (χ3v) is 3.91. The Balaban J connectivity index is 2.14. The average molecular weight is 461 g/mol. The minimum Gasteiger partial charge on any atom is -0.444 e. The van der Waals surface area contributed by atoms with Crippen molar-refractivity contribution in [2.24, 2.45) is 0 Å². The fourth-order valence-electron chi connectivity index (χ4n) is 2.73. The summed E-state index contributed by atoms with van der Waals surface area (Å²) in [6, 6.07) is 6.30. The number of hydrogen-bond acceptors (Lipinski definition) is 7. The number of rotatable bonds is 6. The molecule has 1 unspecified atom stereocenters. The Morgan fingerprint density at radius 3 is 2.15 bits per heavy atom. The molecule has 0 spiro atoms. The van der Waals surface area contributed by atoms with Crippen molar-refractivity contribution in [1.29, 1.82) is 0 Å². The van der Waals surface area contributed by atoms with Crippen LogP contribution in [-0.2, 0) is 20.7 Å². The molecule has 1 aromatic carbocycles. The van der Waals surface area contributed by atoms with Gasteiger partial charge in [-0.3, -0.25) is 10.1 Å². The molecule has 180 valence electrons. The predicted octanol–water partition coefficient (Wildman–Crippen LogP) is 4.49. The van der Waals surface area contributed by atoms with Crippen LogP contribution < -0.4 is 15.4 Å². The first-order valence-corrected chi connectivity index (χ1v) is 10.5. The third-order valence-electron chi connectivity index (χ3n) is 3.91. The number of nitrogens with one attached hydrogen (secondary N) is 3. The monoisotopic (exact) mass is 460 g/mol. The Morgan fingerprint density at radius 1 is 1.00 bits per heavy atom. The van der Waals surface area contributed by atoms with Gasteiger partial charge >= 0.3 is 12.2 Å². The molecule has 33 heavy (non-hydrogen) atoms. The number of imidazole rings is 1. The molecule has 10 nitrogen and oxygen atoms in total. The molecule has 1 atom stereocenters. The Labute approximate surface area is 193 Å². The van der Waals surface area contributed by atoms with Gasteiger partial charge in [-0.15, -0.1) is 0 Å². The summed E-state index contributed by atoms with van der Waals surface area (Å²) >= 11 is 0. The predicted molar refractivity (Wildman–Crippen MR) is 122 cm³/mol. The van der Waals surface area contributed by atoms with E-state index in [1.165, 1.54) is 13.1 Å². The summed E-state index contributed by atoms with van der Waals surface area (Å²) in [7, 11) is 0. The van der Waals surface area contributed by atoms with Crippen LogP contribution in [0.1, 0.15) is 65.8 Å². The highest BCUT2D eigenvalue weighted by Crippen LogP contribution is 2.22. The Morgan fingerprint density at radius 2 is 1.61 bits per heavy atom. The molecule has 0 aliphatic heterocycles. The maximum absolute atomic E-state index is 12.4. The molecule has 0 aliphatic carbocycles. The number of amides is 2. The number of nitrogens with zero attached hydrogens (tertiary/aromatic N) is 1. The van der Waals surface area contributed by atoms with Crippen molar-refractivity contribution in [2.75, 3.05) is 5.32 Å². The van der Waals surface area contributed by atoms with Gasteiger partial charge in [-0.05, 0) is 65.7 Å². The minimum atomic E-state index is -0.789. The molecular weight excluding hydrogens is 428 g/mol. The summed E-state index contributed by atoms with van der Waals surface area (Å²) in [4.78, 5) is 42.7. The van der Waals surface area contributed by atoms with Crippen LogP contribution >= 0.6 is 0 Å². The van der Waals surface area contributed by atoms with Gasteiger partial charge in [0.1, 0.15) is 17.0 Å². The highest BCUT2D eigenvalue weighted by molar-refractivity contribution is 5.86. The van der Waals surface area contributed by atoms with Gasteiger partial charge < -0.3 is 24.5 Å². The van der Waals surface area contributed by atoms with E-state index in [-0.39, 0.29) is 11.9 Å². The number of aromatic amines is 1. The molecule has 0 aliphatic rings. The molecule has 2 rings (SSSR count). The largest absolute Gasteiger partial charge is 0.514 e. The molecule has 2 aromatic rings. The van der Waals surface area contributed by atoms with Gasteiger partial charge in [-0.2, -0.15) is 0 Å². The molecule has 10 heteroatoms. The van der Waals surface area contributed by atoms with Gasteiger partial charge in [0, 0.05) is 6.92 Å². The fraction of sp³-hybridized carbons (Fsp3) is 0.478. The van der Waals surface area contributed by atoms with Crippen LogP contribution in [0.15, 0.2) is 30.5 Å². The van der Waals surface area contributed by atoms with Gasteiger partial charge in [-0.1, -0.05) is 12.1 Å². The number of ether oxygens (including phenoxy) is 3. The topological polar surface area (TPSA) is 132 Å². The van der Waals surface area contributed by atoms with E-state index >= 15 is 0 Å². The van der Waals surface area contributed by atoms with Crippen LogP contribution in [0.2, 0.25) is 0 Å². The van der Waals surface area contributed by atoms with Crippen LogP contribution in [0.25, 0.3) is 0 Å². The second-order valence-corrected chi connectivity index (χ2v) is 9.48. The summed E-state index contributed by atoms with van der Waals surface area (Å²) in [6.07, 6.45) is 0.539. The van der Waals surface area contributed by atoms with Crippen molar-refractivity contribution < 1.29 is 28.6 Å². The number of benzene rings is 1. The van der Waals surface area contributed by atoms with E-state index in [0.29, 0.717) is 17.9 Å². The first-order chi connectivity index (χ1) is 15.2. The summed E-state index contributed by atoms with van der Waals surface area (Å²) in [5.74, 6) is 0.335. The summed E-state index contributed by atoms with van der Waals surface area (Å²) in [5.41, 5.74) is 0.115. The Bertz CT molecular complexity index is 970. The number of hydrogen-bond donors (Lipinski definition) is 3. The molecule has 0 saturated heterocycles. The number of alkyl carbamates (subject to hydrolysis) is 1. The quantitative estimate of drug-likeness (QED) is 0.427. The highest BCUT2D eigenvalue weighted by atomic mass is 16.7. The Kier molecular flexibility index (Phi) is 8.08. The van der Waals surface area contributed by atoms with E-state index in [9.17, 15) is 14.4 Å². The summed E-state index contributed by atoms with van der Waals surface area (Å²) in [6.45, 7) is 12.0. The zero-order valence-electron chi connectivity index (χ0n) is 20.1. The summed E-state index contributed by atoms with van der Waals surface area (Å²) < 4.78 is 15.7. The maximum atomic E-state index is 12.4. The van der Waals surface area contributed by atoms with Crippen LogP contribution in [-0.4, -0.2) is 39.3 Å². The molecule has 0 radical (unpaired) electrons. The lowest BCUT2D eigenvalue weighted by Crippen LogP contribution is -2.36. The first-order valence-electron chi connectivity index (χ1n) is 10.5. The van der Waals surface area contributed by atoms with Crippen molar-refractivity contribution in [1.82, 2.24) is 15.3 Å². The van der Waals surface area contributed by atoms with Crippen molar-refractivity contribution in [2.45, 2.75) is 72.1 Å². The highest BCUT2D eigenvalue weighted by Gasteiger charge is 2.23. The molecule has 1 aromatic heterocycles. The van der Waals surface area contributed by atoms with Crippen LogP contribution in [0.4, 0.5) is 15.5 Å². The van der Waals surface area contributed by atoms with Gasteiger partial charge in [0.25, 0.3) is 0 Å². The smallest absolute Gasteiger partial charge is 0.444 e. The first kappa shape index (κ1) is 25.7. The SMILES string of the molecule is CC(=O)Nc1ncc(C(Cc2ccc(OC(=O)OC(C)(C)C)cc2)NC(=O)OC(C)(C)C)[nH]1. The van der Waals surface area contributed by atoms with Gasteiger partial charge in [-0.25, -0.2) is 14.6 Å². The van der Waals surface area contributed by atoms with E-state index in [1.807, 2.05) is 0 Å². The van der Waals surface area contributed by atoms with Crippen molar-refractivity contribution in [3.05, 3.63) is 41.7 Å². The van der Waals surface area contributed by atoms with Gasteiger partial charge in [0.05, 0.1) is 17.9 Å². The summed E-state index contributed by atoms with van der Waals surface area (Å²) in [5, 5.41) is 5.39. The lowest BCUT2D eigenvalue weighted by atomic mass is 10.0. The standard InChI is InChI=1S/C23H32N4O6/c1-14(28)25-19-24-13-18(26-19)17(27-20(29)32-22(2,3)4)12-15-8-10-16(11-9-15)31-21(30)33-23(5,6)7/h8-11,13,17H,12H2,1-7H3,(H,27,29)(H2,24,25,26,28). The second kappa shape index (κ2) is 10.4. The van der Waals surface area contributed by atoms with Crippen LogP contribution in [0.3, 0.4) is 0 Å². The number of carbonyl (C=O) groups excluding carboxylic acids is 3. The Hall–Kier alpha value is -3.56. The lowest BCUT2D eigenvalue weighted by molar-refractivity contribution is -0.114. The number of H-pyrrole nitrogens is 1. The normalized spacial score (nSPS) is 12.5. The molecular formula is C23H32N4O6. The van der Waals surface area contributed by atoms with Crippen molar-refractivity contribution in [3.8, 4) is 5.75 Å². The second-order valence-electron chi connectivity index (χ2n) is 9.48. The van der Waals surface area contributed by atoms with Crippen LogP contribution in [0.5, 0.6) is 5.75 Å². The van der Waals surface area contributed by atoms with Crippen LogP contribution in [0, 0.1) is 0 Å². The zero-order chi connectivity index (χ0) is 24.8.